The van der Waals surface area contributed by atoms with Crippen molar-refractivity contribution in [3.8, 4) is 11.5 Å². The molecule has 0 saturated carbocycles. The molecule has 1 aromatic rings. The number of aliphatic hydroxyl groups excluding tert-OH is 1. The first-order valence-electron chi connectivity index (χ1n) is 5.52. The third-order valence-corrected chi connectivity index (χ3v) is 2.67. The van der Waals surface area contributed by atoms with Crippen LogP contribution in [0.1, 0.15) is 31.4 Å². The number of rotatable bonds is 5. The molecule has 1 rings (SSSR count). The summed E-state index contributed by atoms with van der Waals surface area (Å²) in [6.07, 6.45) is 0.288. The van der Waals surface area contributed by atoms with Gasteiger partial charge in [-0.15, -0.1) is 12.4 Å². The number of nitrogens with two attached hydrogens (primary N) is 1. The second-order valence-electron chi connectivity index (χ2n) is 4.05. The number of hydrogen-bond donors (Lipinski definition) is 4. The molecule has 1 aromatic carbocycles. The second kappa shape index (κ2) is 7.13. The molecule has 0 amide bonds. The van der Waals surface area contributed by atoms with E-state index in [0.717, 1.165) is 12.1 Å². The number of phenols is 2. The fourth-order valence-corrected chi connectivity index (χ4v) is 1.65. The number of hydrogen-bond acceptors (Lipinski definition) is 6. The van der Waals surface area contributed by atoms with Crippen LogP contribution in [0.2, 0.25) is 0 Å². The molecule has 0 heterocycles. The van der Waals surface area contributed by atoms with Crippen LogP contribution >= 0.6 is 12.4 Å². The molecule has 0 saturated heterocycles. The van der Waals surface area contributed by atoms with Gasteiger partial charge in [-0.1, -0.05) is 13.3 Å². The van der Waals surface area contributed by atoms with Gasteiger partial charge in [0.1, 0.15) is 0 Å². The molecule has 2 atom stereocenters. The largest absolute Gasteiger partial charge is 0.504 e. The van der Waals surface area contributed by atoms with Crippen LogP contribution in [0.15, 0.2) is 12.1 Å². The predicted molar refractivity (Wildman–Crippen MR) is 71.5 cm³/mol. The Labute approximate surface area is 116 Å². The minimum absolute atomic E-state index is 0. The van der Waals surface area contributed by atoms with Crippen molar-refractivity contribution in [3.05, 3.63) is 27.8 Å². The number of aliphatic hydroxyl groups is 1. The molecule has 5 N–H and O–H groups in total. The van der Waals surface area contributed by atoms with Gasteiger partial charge in [0, 0.05) is 6.07 Å². The highest BCUT2D eigenvalue weighted by Crippen LogP contribution is 2.38. The van der Waals surface area contributed by atoms with Crippen LogP contribution in [0.5, 0.6) is 11.5 Å². The second-order valence-corrected chi connectivity index (χ2v) is 4.05. The monoisotopic (exact) mass is 292 g/mol. The summed E-state index contributed by atoms with van der Waals surface area (Å²) in [6, 6.07) is 1.32. The van der Waals surface area contributed by atoms with E-state index in [9.17, 15) is 25.4 Å². The van der Waals surface area contributed by atoms with Crippen LogP contribution in [-0.2, 0) is 0 Å². The first kappa shape index (κ1) is 17.4. The number of nitro groups is 1. The van der Waals surface area contributed by atoms with Crippen molar-refractivity contribution in [2.45, 2.75) is 31.9 Å². The Morgan fingerprint density at radius 3 is 2.47 bits per heavy atom. The molecule has 0 unspecified atom stereocenters. The van der Waals surface area contributed by atoms with Crippen molar-refractivity contribution in [1.82, 2.24) is 0 Å². The van der Waals surface area contributed by atoms with Gasteiger partial charge < -0.3 is 21.1 Å². The van der Waals surface area contributed by atoms with Crippen molar-refractivity contribution in [3.63, 3.8) is 0 Å². The normalized spacial score (nSPS) is 13.4. The van der Waals surface area contributed by atoms with Crippen molar-refractivity contribution < 1.29 is 20.2 Å². The summed E-state index contributed by atoms with van der Waals surface area (Å²) in [4.78, 5) is 9.85. The topological polar surface area (TPSA) is 130 Å². The third kappa shape index (κ3) is 3.95. The van der Waals surface area contributed by atoms with E-state index in [1.807, 2.05) is 6.92 Å². The lowest BCUT2D eigenvalue weighted by atomic mass is 9.98. The molecule has 0 spiro atoms. The molecule has 0 radical (unpaired) electrons. The zero-order chi connectivity index (χ0) is 13.9. The molecular weight excluding hydrogens is 276 g/mol. The number of nitrogens with zero attached hydrogens (tertiary/aromatic N) is 1. The lowest BCUT2D eigenvalue weighted by Crippen LogP contribution is -2.26. The van der Waals surface area contributed by atoms with Crippen LogP contribution in [0.4, 0.5) is 5.69 Å². The molecule has 0 aliphatic heterocycles. The minimum atomic E-state index is -0.862. The van der Waals surface area contributed by atoms with Crippen LogP contribution in [0.3, 0.4) is 0 Å². The SMILES string of the molecule is CCC[C@H](O)[C@H](N)c1cc(O)c(O)c([N+](=O)[O-])c1.Cl. The smallest absolute Gasteiger partial charge is 0.314 e. The number of halogens is 1. The highest BCUT2D eigenvalue weighted by molar-refractivity contribution is 5.85. The van der Waals surface area contributed by atoms with E-state index in [1.54, 1.807) is 0 Å². The van der Waals surface area contributed by atoms with Gasteiger partial charge in [-0.25, -0.2) is 0 Å². The lowest BCUT2D eigenvalue weighted by molar-refractivity contribution is -0.386. The van der Waals surface area contributed by atoms with Gasteiger partial charge in [-0.2, -0.15) is 0 Å². The summed E-state index contributed by atoms with van der Waals surface area (Å²) in [5, 5.41) is 39.1. The van der Waals surface area contributed by atoms with E-state index in [2.05, 4.69) is 0 Å². The van der Waals surface area contributed by atoms with Crippen molar-refractivity contribution in [2.24, 2.45) is 5.73 Å². The highest BCUT2D eigenvalue weighted by Gasteiger charge is 2.24. The number of aromatic hydroxyl groups is 2. The zero-order valence-electron chi connectivity index (χ0n) is 10.3. The molecule has 108 valence electrons. The quantitative estimate of drug-likeness (QED) is 0.370. The Hall–Kier alpha value is -1.57. The third-order valence-electron chi connectivity index (χ3n) is 2.67. The predicted octanol–water partition coefficient (Wildman–Crippen LogP) is 1.59. The van der Waals surface area contributed by atoms with Gasteiger partial charge >= 0.3 is 5.69 Å². The summed E-state index contributed by atoms with van der Waals surface area (Å²) >= 11 is 0. The Bertz CT molecular complexity index is 455. The summed E-state index contributed by atoms with van der Waals surface area (Å²) < 4.78 is 0. The fraction of sp³-hybridized carbons (Fsp3) is 0.455. The Kier molecular flexibility index (Phi) is 6.54. The Morgan fingerprint density at radius 1 is 1.42 bits per heavy atom. The van der Waals surface area contributed by atoms with E-state index in [-0.39, 0.29) is 18.0 Å². The summed E-state index contributed by atoms with van der Waals surface area (Å²) in [5.41, 5.74) is 5.32. The average molecular weight is 293 g/mol. The Balaban J connectivity index is 0.00000324. The minimum Gasteiger partial charge on any atom is -0.504 e. The highest BCUT2D eigenvalue weighted by atomic mass is 35.5. The van der Waals surface area contributed by atoms with Gasteiger partial charge in [-0.05, 0) is 18.1 Å². The van der Waals surface area contributed by atoms with Crippen LogP contribution in [0.25, 0.3) is 0 Å². The molecular formula is C11H17ClN2O5. The van der Waals surface area contributed by atoms with Gasteiger partial charge in [-0.3, -0.25) is 10.1 Å². The summed E-state index contributed by atoms with van der Waals surface area (Å²) in [7, 11) is 0. The first-order valence-corrected chi connectivity index (χ1v) is 5.52. The van der Waals surface area contributed by atoms with Crippen LogP contribution < -0.4 is 5.73 Å². The molecule has 0 bridgehead atoms. The summed E-state index contributed by atoms with van der Waals surface area (Å²) in [6.45, 7) is 1.87. The van der Waals surface area contributed by atoms with E-state index < -0.39 is 34.3 Å². The van der Waals surface area contributed by atoms with Gasteiger partial charge in [0.15, 0.2) is 5.75 Å². The molecule has 0 fully saturated rings. The van der Waals surface area contributed by atoms with E-state index in [1.165, 1.54) is 0 Å². The first-order chi connectivity index (χ1) is 8.38. The van der Waals surface area contributed by atoms with Gasteiger partial charge in [0.25, 0.3) is 0 Å². The van der Waals surface area contributed by atoms with Crippen molar-refractivity contribution in [2.75, 3.05) is 0 Å². The number of phenolic OH excluding ortho intramolecular Hbond substituents is 2. The number of nitro benzene ring substituents is 1. The van der Waals surface area contributed by atoms with Gasteiger partial charge in [0.05, 0.1) is 17.1 Å². The van der Waals surface area contributed by atoms with Crippen LogP contribution in [0, 0.1) is 10.1 Å². The Morgan fingerprint density at radius 2 is 2.00 bits per heavy atom. The van der Waals surface area contributed by atoms with E-state index in [0.29, 0.717) is 12.8 Å². The van der Waals surface area contributed by atoms with Crippen molar-refractivity contribution in [1.29, 1.82) is 0 Å². The maximum atomic E-state index is 10.7. The standard InChI is InChI=1S/C11H16N2O5.ClH/c1-2-3-8(14)10(12)6-4-7(13(17)18)11(16)9(15)5-6;/h4-5,8,10,14-16H,2-3,12H2,1H3;1H/t8-,10+;/m0./s1. The maximum Gasteiger partial charge on any atom is 0.314 e. The molecule has 19 heavy (non-hydrogen) atoms. The molecule has 0 aliphatic carbocycles. The number of benzene rings is 1. The van der Waals surface area contributed by atoms with Gasteiger partial charge in [0.2, 0.25) is 5.75 Å². The fourth-order valence-electron chi connectivity index (χ4n) is 1.65. The van der Waals surface area contributed by atoms with E-state index >= 15 is 0 Å². The molecule has 0 aromatic heterocycles. The van der Waals surface area contributed by atoms with E-state index in [4.69, 9.17) is 5.73 Å². The zero-order valence-corrected chi connectivity index (χ0v) is 11.1. The summed E-state index contributed by atoms with van der Waals surface area (Å²) in [5.74, 6) is -1.43. The van der Waals surface area contributed by atoms with Crippen LogP contribution in [-0.4, -0.2) is 26.3 Å². The molecule has 0 aliphatic rings. The molecule has 8 heteroatoms. The average Bonchev–Trinajstić information content (AvgIpc) is 2.31. The van der Waals surface area contributed by atoms with Crippen molar-refractivity contribution >= 4 is 18.1 Å². The molecule has 7 nitrogen and oxygen atoms in total. The maximum absolute atomic E-state index is 10.7. The lowest BCUT2D eigenvalue weighted by Gasteiger charge is -2.18.